The third kappa shape index (κ3) is 2.58. The first kappa shape index (κ1) is 10.8. The van der Waals surface area contributed by atoms with Gasteiger partial charge in [0.2, 0.25) is 0 Å². The van der Waals surface area contributed by atoms with Crippen LogP contribution in [0.1, 0.15) is 24.6 Å². The van der Waals surface area contributed by atoms with Gasteiger partial charge in [0.1, 0.15) is 5.15 Å². The Labute approximate surface area is 88.1 Å². The third-order valence-electron chi connectivity index (χ3n) is 1.83. The molecular weight excluding hydrogens is 204 g/mol. The summed E-state index contributed by atoms with van der Waals surface area (Å²) < 4.78 is 0. The zero-order valence-electron chi connectivity index (χ0n) is 8.09. The number of hydrogen-bond donors (Lipinski definition) is 0. The van der Waals surface area contributed by atoms with Crippen molar-refractivity contribution in [3.63, 3.8) is 0 Å². The number of hydrogen-bond acceptors (Lipinski definition) is 3. The largest absolute Gasteiger partial charge is 0.228 e. The Hall–Kier alpha value is -0.280. The molecule has 4 heteroatoms. The maximum atomic E-state index is 6.03. The first-order valence-corrected chi connectivity index (χ1v) is 5.86. The van der Waals surface area contributed by atoms with Gasteiger partial charge >= 0.3 is 0 Å². The Morgan fingerprint density at radius 3 is 2.54 bits per heavy atom. The van der Waals surface area contributed by atoms with Crippen LogP contribution in [0.15, 0.2) is 5.16 Å². The summed E-state index contributed by atoms with van der Waals surface area (Å²) in [5, 5.41) is 1.36. The van der Waals surface area contributed by atoms with Crippen molar-refractivity contribution in [2.75, 3.05) is 6.26 Å². The highest BCUT2D eigenvalue weighted by Crippen LogP contribution is 2.21. The van der Waals surface area contributed by atoms with Crippen LogP contribution in [0.4, 0.5) is 0 Å². The van der Waals surface area contributed by atoms with E-state index in [0.29, 0.717) is 5.15 Å². The molecule has 72 valence electrons. The van der Waals surface area contributed by atoms with Crippen molar-refractivity contribution in [2.45, 2.75) is 31.8 Å². The predicted molar refractivity (Wildman–Crippen MR) is 57.6 cm³/mol. The van der Waals surface area contributed by atoms with Crippen molar-refractivity contribution in [2.24, 2.45) is 0 Å². The molecule has 0 radical (unpaired) electrons. The molecule has 0 fully saturated rings. The molecule has 0 aliphatic rings. The lowest BCUT2D eigenvalue weighted by Crippen LogP contribution is -1.98. The SMILES string of the molecule is CCCc1c(C)nc(SC)nc1Cl. The van der Waals surface area contributed by atoms with E-state index < -0.39 is 0 Å². The zero-order valence-corrected chi connectivity index (χ0v) is 9.67. The van der Waals surface area contributed by atoms with Crippen molar-refractivity contribution in [1.29, 1.82) is 0 Å². The van der Waals surface area contributed by atoms with Gasteiger partial charge in [0.25, 0.3) is 0 Å². The molecule has 0 aliphatic heterocycles. The molecule has 0 bridgehead atoms. The third-order valence-corrected chi connectivity index (χ3v) is 2.69. The van der Waals surface area contributed by atoms with Gasteiger partial charge in [-0.05, 0) is 19.6 Å². The van der Waals surface area contributed by atoms with Gasteiger partial charge in [0.05, 0.1) is 0 Å². The Morgan fingerprint density at radius 1 is 1.38 bits per heavy atom. The van der Waals surface area contributed by atoms with Crippen LogP contribution in [0.25, 0.3) is 0 Å². The molecule has 1 aromatic heterocycles. The van der Waals surface area contributed by atoms with E-state index in [0.717, 1.165) is 29.3 Å². The topological polar surface area (TPSA) is 25.8 Å². The Kier molecular flexibility index (Phi) is 4.00. The molecule has 0 spiro atoms. The summed E-state index contributed by atoms with van der Waals surface area (Å²) >= 11 is 7.55. The first-order valence-electron chi connectivity index (χ1n) is 4.26. The smallest absolute Gasteiger partial charge is 0.188 e. The number of aromatic nitrogens is 2. The molecule has 0 amide bonds. The molecule has 0 N–H and O–H groups in total. The van der Waals surface area contributed by atoms with E-state index in [1.165, 1.54) is 11.8 Å². The fraction of sp³-hybridized carbons (Fsp3) is 0.556. The van der Waals surface area contributed by atoms with Crippen LogP contribution in [0.3, 0.4) is 0 Å². The molecule has 0 saturated carbocycles. The van der Waals surface area contributed by atoms with Crippen LogP contribution in [-0.2, 0) is 6.42 Å². The maximum absolute atomic E-state index is 6.03. The zero-order chi connectivity index (χ0) is 9.84. The van der Waals surface area contributed by atoms with Gasteiger partial charge in [-0.3, -0.25) is 0 Å². The normalized spacial score (nSPS) is 10.5. The Bertz CT molecular complexity index is 279. The number of nitrogens with zero attached hydrogens (tertiary/aromatic N) is 2. The molecule has 1 rings (SSSR count). The number of halogens is 1. The van der Waals surface area contributed by atoms with E-state index in [1.54, 1.807) is 0 Å². The molecule has 0 aromatic carbocycles. The molecule has 2 nitrogen and oxygen atoms in total. The molecule has 0 saturated heterocycles. The quantitative estimate of drug-likeness (QED) is 0.441. The molecule has 0 unspecified atom stereocenters. The van der Waals surface area contributed by atoms with Crippen molar-refractivity contribution in [3.05, 3.63) is 16.4 Å². The summed E-state index contributed by atoms with van der Waals surface area (Å²) in [5.74, 6) is 0. The molecule has 13 heavy (non-hydrogen) atoms. The van der Waals surface area contributed by atoms with E-state index in [1.807, 2.05) is 13.2 Å². The van der Waals surface area contributed by atoms with E-state index in [2.05, 4.69) is 16.9 Å². The second-order valence-electron chi connectivity index (χ2n) is 2.82. The highest BCUT2D eigenvalue weighted by molar-refractivity contribution is 7.98. The lowest BCUT2D eigenvalue weighted by molar-refractivity contribution is 0.843. The summed E-state index contributed by atoms with van der Waals surface area (Å²) in [6.07, 6.45) is 3.98. The summed E-state index contributed by atoms with van der Waals surface area (Å²) in [7, 11) is 0. The average Bonchev–Trinajstić information content (AvgIpc) is 2.11. The fourth-order valence-electron chi connectivity index (χ4n) is 1.16. The van der Waals surface area contributed by atoms with E-state index in [9.17, 15) is 0 Å². The monoisotopic (exact) mass is 216 g/mol. The van der Waals surface area contributed by atoms with Gasteiger partial charge in [0, 0.05) is 11.3 Å². The summed E-state index contributed by atoms with van der Waals surface area (Å²) in [6.45, 7) is 4.11. The highest BCUT2D eigenvalue weighted by Gasteiger charge is 2.07. The number of aryl methyl sites for hydroxylation is 1. The average molecular weight is 217 g/mol. The Morgan fingerprint density at radius 2 is 2.08 bits per heavy atom. The molecular formula is C9H13ClN2S. The highest BCUT2D eigenvalue weighted by atomic mass is 35.5. The number of thioether (sulfide) groups is 1. The van der Waals surface area contributed by atoms with Crippen molar-refractivity contribution >= 4 is 23.4 Å². The first-order chi connectivity index (χ1) is 6.19. The van der Waals surface area contributed by atoms with Gasteiger partial charge in [-0.15, -0.1) is 0 Å². The van der Waals surface area contributed by atoms with Gasteiger partial charge in [-0.2, -0.15) is 0 Å². The van der Waals surface area contributed by atoms with Gasteiger partial charge in [-0.25, -0.2) is 9.97 Å². The lowest BCUT2D eigenvalue weighted by atomic mass is 10.1. The van der Waals surface area contributed by atoms with Crippen molar-refractivity contribution in [1.82, 2.24) is 9.97 Å². The van der Waals surface area contributed by atoms with Crippen molar-refractivity contribution < 1.29 is 0 Å². The second-order valence-corrected chi connectivity index (χ2v) is 3.95. The standard InChI is InChI=1S/C9H13ClN2S/c1-4-5-7-6(2)11-9(13-3)12-8(7)10/h4-5H2,1-3H3. The van der Waals surface area contributed by atoms with Crippen LogP contribution in [-0.4, -0.2) is 16.2 Å². The summed E-state index contributed by atoms with van der Waals surface area (Å²) in [6, 6.07) is 0. The molecule has 1 heterocycles. The fourth-order valence-corrected chi connectivity index (χ4v) is 1.93. The summed E-state index contributed by atoms with van der Waals surface area (Å²) in [4.78, 5) is 8.53. The van der Waals surface area contributed by atoms with E-state index in [4.69, 9.17) is 11.6 Å². The predicted octanol–water partition coefficient (Wildman–Crippen LogP) is 3.11. The van der Waals surface area contributed by atoms with Gasteiger partial charge < -0.3 is 0 Å². The minimum atomic E-state index is 0.610. The maximum Gasteiger partial charge on any atom is 0.188 e. The molecule has 0 aliphatic carbocycles. The minimum absolute atomic E-state index is 0.610. The van der Waals surface area contributed by atoms with E-state index >= 15 is 0 Å². The van der Waals surface area contributed by atoms with Crippen LogP contribution in [0.5, 0.6) is 0 Å². The van der Waals surface area contributed by atoms with Crippen LogP contribution >= 0.6 is 23.4 Å². The van der Waals surface area contributed by atoms with Crippen LogP contribution < -0.4 is 0 Å². The van der Waals surface area contributed by atoms with E-state index in [-0.39, 0.29) is 0 Å². The van der Waals surface area contributed by atoms with Crippen LogP contribution in [0.2, 0.25) is 5.15 Å². The minimum Gasteiger partial charge on any atom is -0.228 e. The van der Waals surface area contributed by atoms with Gasteiger partial charge in [0.15, 0.2) is 5.16 Å². The van der Waals surface area contributed by atoms with Crippen LogP contribution in [0, 0.1) is 6.92 Å². The second kappa shape index (κ2) is 4.82. The Balaban J connectivity index is 3.07. The lowest BCUT2D eigenvalue weighted by Gasteiger charge is -2.06. The molecule has 1 aromatic rings. The van der Waals surface area contributed by atoms with Gasteiger partial charge in [-0.1, -0.05) is 36.7 Å². The summed E-state index contributed by atoms with van der Waals surface area (Å²) in [5.41, 5.74) is 2.09. The number of rotatable bonds is 3. The van der Waals surface area contributed by atoms with Crippen molar-refractivity contribution in [3.8, 4) is 0 Å². The molecule has 0 atom stereocenters.